The quantitative estimate of drug-likeness (QED) is 0.0261. The summed E-state index contributed by atoms with van der Waals surface area (Å²) in [6.07, 6.45) is 76.4. The van der Waals surface area contributed by atoms with Crippen molar-refractivity contribution in [2.45, 2.75) is 329 Å². The van der Waals surface area contributed by atoms with E-state index in [0.29, 0.717) is 19.3 Å². The highest BCUT2D eigenvalue weighted by atomic mass is 16.6. The topological polar surface area (TPSA) is 78.9 Å². The Labute approximate surface area is 447 Å². The van der Waals surface area contributed by atoms with Crippen molar-refractivity contribution in [2.24, 2.45) is 0 Å². The van der Waals surface area contributed by atoms with Crippen LogP contribution < -0.4 is 0 Å². The summed E-state index contributed by atoms with van der Waals surface area (Å²) in [7, 11) is 0. The number of carbonyl (C=O) groups excluding carboxylic acids is 3. The maximum atomic E-state index is 12.9. The standard InChI is InChI=1S/C66H118O6/c1-4-7-10-13-16-19-22-25-28-31-33-36-38-41-44-47-50-53-56-59-65(68)71-62-63(61-70-64(67)58-55-52-49-46-43-40-37-34-30-27-24-21-18-15-12-9-6-3)72-66(69)60-57-54-51-48-45-42-39-35-32-29-26-23-20-17-14-11-8-5-2/h9,12,18,20-21,23,27,29-30,32,63H,4-8,10-11,13-17,19,22,24-26,28,31,33-62H2,1-3H3/b12-9-,21-18-,23-20-,30-27-,32-29-. The third kappa shape index (κ3) is 58.0. The smallest absolute Gasteiger partial charge is 0.306 e. The molecule has 6 nitrogen and oxygen atoms in total. The van der Waals surface area contributed by atoms with Crippen molar-refractivity contribution >= 4 is 17.9 Å². The van der Waals surface area contributed by atoms with E-state index in [1.807, 2.05) is 0 Å². The van der Waals surface area contributed by atoms with Gasteiger partial charge in [0.25, 0.3) is 0 Å². The second kappa shape index (κ2) is 60.7. The zero-order chi connectivity index (χ0) is 52.2. The van der Waals surface area contributed by atoms with Gasteiger partial charge in [-0.2, -0.15) is 0 Å². The summed E-state index contributed by atoms with van der Waals surface area (Å²) >= 11 is 0. The van der Waals surface area contributed by atoms with Crippen LogP contribution in [-0.4, -0.2) is 37.2 Å². The second-order valence-electron chi connectivity index (χ2n) is 20.9. The number of rotatable bonds is 57. The number of unbranched alkanes of at least 4 members (excludes halogenated alkanes) is 36. The van der Waals surface area contributed by atoms with Gasteiger partial charge in [0.15, 0.2) is 6.10 Å². The Hall–Kier alpha value is -2.89. The minimum atomic E-state index is -0.782. The average Bonchev–Trinajstić information content (AvgIpc) is 3.38. The highest BCUT2D eigenvalue weighted by Gasteiger charge is 2.19. The molecule has 6 heteroatoms. The molecule has 72 heavy (non-hydrogen) atoms. The molecule has 418 valence electrons. The minimum absolute atomic E-state index is 0.0776. The first-order chi connectivity index (χ1) is 35.5. The molecular formula is C66H118O6. The molecule has 0 saturated carbocycles. The van der Waals surface area contributed by atoms with Gasteiger partial charge < -0.3 is 14.2 Å². The van der Waals surface area contributed by atoms with E-state index >= 15 is 0 Å². The fraction of sp³-hybridized carbons (Fsp3) is 0.803. The van der Waals surface area contributed by atoms with E-state index in [0.717, 1.165) is 96.3 Å². The Morgan fingerprint density at radius 1 is 0.292 bits per heavy atom. The average molecular weight is 1010 g/mol. The van der Waals surface area contributed by atoms with E-state index < -0.39 is 6.10 Å². The van der Waals surface area contributed by atoms with Gasteiger partial charge in [-0.05, 0) is 83.5 Å². The van der Waals surface area contributed by atoms with Gasteiger partial charge in [0.05, 0.1) is 0 Å². The molecule has 1 atom stereocenters. The van der Waals surface area contributed by atoms with E-state index in [1.165, 1.54) is 186 Å². The highest BCUT2D eigenvalue weighted by Crippen LogP contribution is 2.17. The Morgan fingerprint density at radius 2 is 0.542 bits per heavy atom. The van der Waals surface area contributed by atoms with Crippen LogP contribution in [0.4, 0.5) is 0 Å². The Morgan fingerprint density at radius 3 is 0.861 bits per heavy atom. The Kier molecular flexibility index (Phi) is 58.2. The van der Waals surface area contributed by atoms with Gasteiger partial charge in [0.2, 0.25) is 0 Å². The molecule has 0 amide bonds. The van der Waals surface area contributed by atoms with Crippen molar-refractivity contribution in [1.29, 1.82) is 0 Å². The van der Waals surface area contributed by atoms with Gasteiger partial charge in [-0.25, -0.2) is 0 Å². The molecule has 0 aliphatic heterocycles. The van der Waals surface area contributed by atoms with Crippen molar-refractivity contribution in [3.05, 3.63) is 60.8 Å². The molecule has 0 saturated heterocycles. The number of hydrogen-bond donors (Lipinski definition) is 0. The largest absolute Gasteiger partial charge is 0.462 e. The zero-order valence-electron chi connectivity index (χ0n) is 47.9. The Bertz CT molecular complexity index is 1290. The minimum Gasteiger partial charge on any atom is -0.462 e. The highest BCUT2D eigenvalue weighted by molar-refractivity contribution is 5.71. The number of ether oxygens (including phenoxy) is 3. The molecule has 0 radical (unpaired) electrons. The fourth-order valence-electron chi connectivity index (χ4n) is 9.08. The number of esters is 3. The molecule has 0 aromatic carbocycles. The first-order valence-electron chi connectivity index (χ1n) is 31.3. The summed E-state index contributed by atoms with van der Waals surface area (Å²) in [4.78, 5) is 38.3. The number of allylic oxidation sites excluding steroid dienone is 10. The molecule has 1 unspecified atom stereocenters. The van der Waals surface area contributed by atoms with Crippen LogP contribution in [0.25, 0.3) is 0 Å². The molecule has 0 fully saturated rings. The Balaban J connectivity index is 4.37. The lowest BCUT2D eigenvalue weighted by Crippen LogP contribution is -2.30. The van der Waals surface area contributed by atoms with E-state index in [4.69, 9.17) is 14.2 Å². The fourth-order valence-corrected chi connectivity index (χ4v) is 9.08. The lowest BCUT2D eigenvalue weighted by Gasteiger charge is -2.18. The lowest BCUT2D eigenvalue weighted by molar-refractivity contribution is -0.167. The molecule has 0 rings (SSSR count). The zero-order valence-corrected chi connectivity index (χ0v) is 47.9. The van der Waals surface area contributed by atoms with Crippen molar-refractivity contribution in [3.63, 3.8) is 0 Å². The van der Waals surface area contributed by atoms with E-state index in [1.54, 1.807) is 0 Å². The van der Waals surface area contributed by atoms with Crippen LogP contribution in [-0.2, 0) is 28.6 Å². The molecule has 0 aromatic heterocycles. The molecular weight excluding hydrogens is 889 g/mol. The van der Waals surface area contributed by atoms with Gasteiger partial charge in [0, 0.05) is 19.3 Å². The lowest BCUT2D eigenvalue weighted by atomic mass is 10.0. The van der Waals surface area contributed by atoms with Gasteiger partial charge >= 0.3 is 17.9 Å². The second-order valence-corrected chi connectivity index (χ2v) is 20.9. The third-order valence-electron chi connectivity index (χ3n) is 13.8. The maximum absolute atomic E-state index is 12.9. The van der Waals surface area contributed by atoms with Gasteiger partial charge in [-0.1, -0.05) is 281 Å². The van der Waals surface area contributed by atoms with Crippen LogP contribution >= 0.6 is 0 Å². The first-order valence-corrected chi connectivity index (χ1v) is 31.3. The van der Waals surface area contributed by atoms with Crippen molar-refractivity contribution in [3.8, 4) is 0 Å². The van der Waals surface area contributed by atoms with Crippen LogP contribution in [0.5, 0.6) is 0 Å². The van der Waals surface area contributed by atoms with Crippen LogP contribution in [0, 0.1) is 0 Å². The molecule has 0 spiro atoms. The predicted molar refractivity (Wildman–Crippen MR) is 312 cm³/mol. The SMILES string of the molecule is CC/C=C\C/C=C\C/C=C\CCCCCCCCCC(=O)OCC(COC(=O)CCCCCCCCCCCCCCCCCCCCC)OC(=O)CCCCCCCCC/C=C\C/C=C\CCCCCC. The number of carbonyl (C=O) groups is 3. The first kappa shape index (κ1) is 69.1. The maximum Gasteiger partial charge on any atom is 0.306 e. The molecule has 0 heterocycles. The molecule has 0 aromatic rings. The predicted octanol–water partition coefficient (Wildman–Crippen LogP) is 21.2. The summed E-state index contributed by atoms with van der Waals surface area (Å²) in [5, 5.41) is 0. The monoisotopic (exact) mass is 1010 g/mol. The van der Waals surface area contributed by atoms with E-state index in [-0.39, 0.29) is 31.1 Å². The van der Waals surface area contributed by atoms with Gasteiger partial charge in [0.1, 0.15) is 13.2 Å². The number of hydrogen-bond acceptors (Lipinski definition) is 6. The van der Waals surface area contributed by atoms with E-state index in [2.05, 4.69) is 81.5 Å². The normalized spacial score (nSPS) is 12.4. The summed E-state index contributed by atoms with van der Waals surface area (Å²) in [5.74, 6) is -0.878. The van der Waals surface area contributed by atoms with Crippen molar-refractivity contribution < 1.29 is 28.6 Å². The molecule has 0 bridgehead atoms. The summed E-state index contributed by atoms with van der Waals surface area (Å²) in [5.41, 5.74) is 0. The molecule has 0 N–H and O–H groups in total. The van der Waals surface area contributed by atoms with Crippen LogP contribution in [0.2, 0.25) is 0 Å². The third-order valence-corrected chi connectivity index (χ3v) is 13.8. The van der Waals surface area contributed by atoms with Gasteiger partial charge in [-0.3, -0.25) is 14.4 Å². The summed E-state index contributed by atoms with van der Waals surface area (Å²) < 4.78 is 16.9. The molecule has 0 aliphatic carbocycles. The van der Waals surface area contributed by atoms with Crippen molar-refractivity contribution in [1.82, 2.24) is 0 Å². The van der Waals surface area contributed by atoms with Crippen LogP contribution in [0.3, 0.4) is 0 Å². The summed E-state index contributed by atoms with van der Waals surface area (Å²) in [6, 6.07) is 0. The van der Waals surface area contributed by atoms with Crippen molar-refractivity contribution in [2.75, 3.05) is 13.2 Å². The summed E-state index contributed by atoms with van der Waals surface area (Å²) in [6.45, 7) is 6.55. The van der Waals surface area contributed by atoms with Gasteiger partial charge in [-0.15, -0.1) is 0 Å². The van der Waals surface area contributed by atoms with Crippen LogP contribution in [0.15, 0.2) is 60.8 Å². The van der Waals surface area contributed by atoms with E-state index in [9.17, 15) is 14.4 Å². The van der Waals surface area contributed by atoms with Crippen LogP contribution in [0.1, 0.15) is 323 Å². The molecule has 0 aliphatic rings.